The Labute approximate surface area is 357 Å². The van der Waals surface area contributed by atoms with Gasteiger partial charge in [-0.25, -0.2) is 19.9 Å². The van der Waals surface area contributed by atoms with E-state index in [9.17, 15) is 0 Å². The summed E-state index contributed by atoms with van der Waals surface area (Å²) in [6, 6.07) is 69.1. The number of para-hydroxylation sites is 1. The molecule has 1 atom stereocenters. The van der Waals surface area contributed by atoms with Gasteiger partial charge in [0.15, 0.2) is 11.6 Å². The molecule has 288 valence electrons. The molecule has 0 bridgehead atoms. The van der Waals surface area contributed by atoms with E-state index in [1.807, 2.05) is 67.0 Å². The van der Waals surface area contributed by atoms with E-state index in [-0.39, 0.29) is 0 Å². The minimum Gasteiger partial charge on any atom is -0.456 e. The number of aromatic nitrogens is 4. The average molecular weight is 791 g/mol. The Morgan fingerprint density at radius 3 is 1.68 bits per heavy atom. The van der Waals surface area contributed by atoms with Crippen LogP contribution in [0.5, 0.6) is 0 Å². The molecule has 11 aromatic rings. The maximum atomic E-state index is 6.56. The summed E-state index contributed by atoms with van der Waals surface area (Å²) >= 11 is 0. The van der Waals surface area contributed by atoms with Crippen LogP contribution in [0.4, 0.5) is 0 Å². The molecular weight excluding hydrogens is 757 g/mol. The molecule has 0 radical (unpaired) electrons. The van der Waals surface area contributed by atoms with Crippen LogP contribution in [0.15, 0.2) is 211 Å². The summed E-state index contributed by atoms with van der Waals surface area (Å²) in [6.45, 7) is 0. The third-order valence-corrected chi connectivity index (χ3v) is 12.8. The van der Waals surface area contributed by atoms with Gasteiger partial charge in [0.25, 0.3) is 0 Å². The molecule has 5 nitrogen and oxygen atoms in total. The van der Waals surface area contributed by atoms with Gasteiger partial charge in [0.2, 0.25) is 0 Å². The van der Waals surface area contributed by atoms with Crippen LogP contribution < -0.4 is 0 Å². The van der Waals surface area contributed by atoms with Crippen LogP contribution in [-0.2, 0) is 5.41 Å². The van der Waals surface area contributed by atoms with Gasteiger partial charge in [-0.15, -0.1) is 0 Å². The van der Waals surface area contributed by atoms with E-state index in [1.165, 1.54) is 55.6 Å². The first-order valence-corrected chi connectivity index (χ1v) is 21.0. The van der Waals surface area contributed by atoms with E-state index >= 15 is 0 Å². The highest BCUT2D eigenvalue weighted by Crippen LogP contribution is 2.63. The van der Waals surface area contributed by atoms with Crippen molar-refractivity contribution in [3.8, 4) is 78.7 Å². The van der Waals surface area contributed by atoms with E-state index in [1.54, 1.807) is 0 Å². The molecule has 0 fully saturated rings. The molecule has 8 aromatic carbocycles. The van der Waals surface area contributed by atoms with Gasteiger partial charge in [0.05, 0.1) is 22.4 Å². The second-order valence-corrected chi connectivity index (χ2v) is 16.1. The van der Waals surface area contributed by atoms with Crippen molar-refractivity contribution in [2.24, 2.45) is 0 Å². The van der Waals surface area contributed by atoms with Crippen molar-refractivity contribution >= 4 is 21.9 Å². The Morgan fingerprint density at radius 2 is 0.935 bits per heavy atom. The number of benzene rings is 8. The van der Waals surface area contributed by atoms with Crippen LogP contribution >= 0.6 is 0 Å². The highest BCUT2D eigenvalue weighted by atomic mass is 16.3. The molecule has 13 rings (SSSR count). The van der Waals surface area contributed by atoms with Crippen LogP contribution in [0.25, 0.3) is 101 Å². The summed E-state index contributed by atoms with van der Waals surface area (Å²) in [5, 5.41) is 2.26. The number of nitrogens with zero attached hydrogens (tertiary/aromatic N) is 4. The molecule has 2 aliphatic rings. The molecule has 0 N–H and O–H groups in total. The van der Waals surface area contributed by atoms with E-state index in [2.05, 4.69) is 140 Å². The Bertz CT molecular complexity index is 3580. The number of hydrogen-bond acceptors (Lipinski definition) is 5. The lowest BCUT2D eigenvalue weighted by molar-refractivity contribution is 0.668. The SMILES string of the molecule is c1ccc(-c2cc(-c3ccc4c(c3)C3(c5ccccc5-c5ccccc5-4)c4ccccc4-c4c3ccc3oc5ccccc5c43)nc(-c3cnc(-c4ccccc4)nc3)n2)cc1. The molecule has 62 heavy (non-hydrogen) atoms. The molecule has 1 unspecified atom stereocenters. The molecule has 1 spiro atoms. The lowest BCUT2D eigenvalue weighted by Crippen LogP contribution is -2.29. The van der Waals surface area contributed by atoms with Crippen molar-refractivity contribution in [1.82, 2.24) is 19.9 Å². The second kappa shape index (κ2) is 13.4. The molecule has 0 amide bonds. The first-order valence-electron chi connectivity index (χ1n) is 21.0. The zero-order valence-electron chi connectivity index (χ0n) is 33.3. The van der Waals surface area contributed by atoms with Gasteiger partial charge in [0.1, 0.15) is 11.2 Å². The normalized spacial score (nSPS) is 14.5. The van der Waals surface area contributed by atoms with E-state index in [0.717, 1.165) is 55.6 Å². The standard InChI is InChI=1S/C57H34N4O/c1-3-15-35(16-4-1)49-32-50(61-56(60-49)38-33-58-55(59-34-38)36-17-5-2-6-18-36)37-27-28-42-40-20-8-7-19-39(40)41-21-9-12-24-45(41)57(48(42)31-37)46-25-13-10-22-43(46)53-47(57)29-30-52-54(53)44-23-11-14-26-51(44)62-52/h1-34H. The van der Waals surface area contributed by atoms with E-state index in [0.29, 0.717) is 11.6 Å². The van der Waals surface area contributed by atoms with Crippen molar-refractivity contribution in [2.75, 3.05) is 0 Å². The maximum Gasteiger partial charge on any atom is 0.163 e. The highest BCUT2D eigenvalue weighted by molar-refractivity contribution is 6.16. The molecule has 0 saturated heterocycles. The summed E-state index contributed by atoms with van der Waals surface area (Å²) in [4.78, 5) is 20.0. The lowest BCUT2D eigenvalue weighted by Gasteiger charge is -2.35. The quantitative estimate of drug-likeness (QED) is 0.178. The fourth-order valence-electron chi connectivity index (χ4n) is 10.2. The molecular formula is C57H34N4O. The van der Waals surface area contributed by atoms with E-state index in [4.69, 9.17) is 24.4 Å². The minimum absolute atomic E-state index is 0.562. The summed E-state index contributed by atoms with van der Waals surface area (Å²) in [6.07, 6.45) is 3.66. The highest BCUT2D eigenvalue weighted by Gasteiger charge is 2.50. The van der Waals surface area contributed by atoms with Crippen molar-refractivity contribution < 1.29 is 4.42 Å². The zero-order valence-corrected chi connectivity index (χ0v) is 33.3. The van der Waals surface area contributed by atoms with Crippen molar-refractivity contribution in [2.45, 2.75) is 5.41 Å². The predicted octanol–water partition coefficient (Wildman–Crippen LogP) is 13.8. The lowest BCUT2D eigenvalue weighted by atomic mass is 9.65. The second-order valence-electron chi connectivity index (χ2n) is 16.1. The van der Waals surface area contributed by atoms with Gasteiger partial charge in [-0.2, -0.15) is 0 Å². The van der Waals surface area contributed by atoms with Gasteiger partial charge < -0.3 is 4.42 Å². The fourth-order valence-corrected chi connectivity index (χ4v) is 10.2. The Hall–Kier alpha value is -8.28. The van der Waals surface area contributed by atoms with Gasteiger partial charge in [-0.3, -0.25) is 0 Å². The van der Waals surface area contributed by atoms with Gasteiger partial charge in [0, 0.05) is 39.9 Å². The number of fused-ring (bicyclic) bond motifs is 16. The van der Waals surface area contributed by atoms with Crippen molar-refractivity contribution in [3.63, 3.8) is 0 Å². The number of hydrogen-bond donors (Lipinski definition) is 0. The van der Waals surface area contributed by atoms with Crippen LogP contribution in [0.3, 0.4) is 0 Å². The van der Waals surface area contributed by atoms with Gasteiger partial charge >= 0.3 is 0 Å². The van der Waals surface area contributed by atoms with Crippen LogP contribution in [0, 0.1) is 0 Å². The number of rotatable bonds is 4. The van der Waals surface area contributed by atoms with Crippen LogP contribution in [0.1, 0.15) is 22.3 Å². The van der Waals surface area contributed by atoms with Crippen molar-refractivity contribution in [1.29, 1.82) is 0 Å². The van der Waals surface area contributed by atoms with Crippen LogP contribution in [-0.4, -0.2) is 19.9 Å². The smallest absolute Gasteiger partial charge is 0.163 e. The largest absolute Gasteiger partial charge is 0.456 e. The topological polar surface area (TPSA) is 64.7 Å². The summed E-state index contributed by atoms with van der Waals surface area (Å²) in [7, 11) is 0. The molecule has 0 saturated carbocycles. The monoisotopic (exact) mass is 790 g/mol. The summed E-state index contributed by atoms with van der Waals surface area (Å²) < 4.78 is 6.56. The third-order valence-electron chi connectivity index (χ3n) is 12.8. The minimum atomic E-state index is -0.696. The molecule has 2 aliphatic carbocycles. The third kappa shape index (κ3) is 4.96. The first-order chi connectivity index (χ1) is 30.7. The first kappa shape index (κ1) is 34.6. The van der Waals surface area contributed by atoms with Gasteiger partial charge in [-0.05, 0) is 79.9 Å². The Morgan fingerprint density at radius 1 is 0.355 bits per heavy atom. The predicted molar refractivity (Wildman–Crippen MR) is 248 cm³/mol. The molecule has 3 heterocycles. The Kier molecular flexibility index (Phi) is 7.45. The van der Waals surface area contributed by atoms with Gasteiger partial charge in [-0.1, -0.05) is 170 Å². The summed E-state index contributed by atoms with van der Waals surface area (Å²) in [5.74, 6) is 1.22. The molecule has 5 heteroatoms. The van der Waals surface area contributed by atoms with Crippen LogP contribution in [0.2, 0.25) is 0 Å². The maximum absolute atomic E-state index is 6.56. The van der Waals surface area contributed by atoms with E-state index < -0.39 is 5.41 Å². The van der Waals surface area contributed by atoms with Crippen molar-refractivity contribution in [3.05, 3.63) is 229 Å². The zero-order chi connectivity index (χ0) is 40.8. The fraction of sp³-hybridized carbons (Fsp3) is 0.0175. The molecule has 3 aromatic heterocycles. The molecule has 0 aliphatic heterocycles. The average Bonchev–Trinajstić information content (AvgIpc) is 3.85. The number of furan rings is 1. The summed E-state index contributed by atoms with van der Waals surface area (Å²) in [5.41, 5.74) is 18.6. The Balaban J connectivity index is 1.11.